The van der Waals surface area contributed by atoms with Gasteiger partial charge in [0.25, 0.3) is 0 Å². The Balaban J connectivity index is 2.01. The van der Waals surface area contributed by atoms with Gasteiger partial charge >= 0.3 is 0 Å². The molecule has 3 heteroatoms. The molecule has 1 aliphatic rings. The summed E-state index contributed by atoms with van der Waals surface area (Å²) in [5, 5.41) is 0. The third-order valence-corrected chi connectivity index (χ3v) is 3.30. The predicted molar refractivity (Wildman–Crippen MR) is 45.1 cm³/mol. The second-order valence-electron chi connectivity index (χ2n) is 2.64. The smallest absolute Gasteiger partial charge is 0.0653 e. The third-order valence-electron chi connectivity index (χ3n) is 1.88. The fourth-order valence-corrected chi connectivity index (χ4v) is 1.59. The van der Waals surface area contributed by atoms with Gasteiger partial charge in [-0.2, -0.15) is 11.8 Å². The summed E-state index contributed by atoms with van der Waals surface area (Å²) < 4.78 is 0.523. The number of hydroxylamine groups is 1. The molecule has 1 aliphatic carbocycles. The highest BCUT2D eigenvalue weighted by atomic mass is 32.2. The average molecular weight is 161 g/mol. The lowest BCUT2D eigenvalue weighted by molar-refractivity contribution is 0.0504. The van der Waals surface area contributed by atoms with Gasteiger partial charge in [0, 0.05) is 11.3 Å². The van der Waals surface area contributed by atoms with E-state index in [1.165, 1.54) is 12.8 Å². The predicted octanol–water partition coefficient (Wildman–Crippen LogP) is 1.42. The van der Waals surface area contributed by atoms with E-state index in [0.29, 0.717) is 4.75 Å². The molecule has 0 spiro atoms. The highest BCUT2D eigenvalue weighted by molar-refractivity contribution is 8.00. The van der Waals surface area contributed by atoms with E-state index in [1.807, 2.05) is 18.7 Å². The maximum atomic E-state index is 5.05. The molecule has 0 heterocycles. The van der Waals surface area contributed by atoms with E-state index in [9.17, 15) is 0 Å². The molecule has 1 rings (SSSR count). The van der Waals surface area contributed by atoms with Crippen LogP contribution in [0.2, 0.25) is 0 Å². The highest BCUT2D eigenvalue weighted by Crippen LogP contribution is 2.46. The quantitative estimate of drug-likeness (QED) is 0.487. The molecule has 0 aliphatic heterocycles. The van der Waals surface area contributed by atoms with Crippen molar-refractivity contribution < 1.29 is 4.84 Å². The van der Waals surface area contributed by atoms with Crippen LogP contribution < -0.4 is 5.48 Å². The fraction of sp³-hybridized carbons (Fsp3) is 1.00. The summed E-state index contributed by atoms with van der Waals surface area (Å²) in [6.45, 7) is 3.75. The highest BCUT2D eigenvalue weighted by Gasteiger charge is 2.41. The van der Waals surface area contributed by atoms with E-state index in [1.54, 1.807) is 0 Å². The first-order valence-corrected chi connectivity index (χ1v) is 4.95. The Labute approximate surface area is 66.7 Å². The molecule has 1 N–H and O–H groups in total. The summed E-state index contributed by atoms with van der Waals surface area (Å²) in [6.07, 6.45) is 4.85. The van der Waals surface area contributed by atoms with Gasteiger partial charge in [0.05, 0.1) is 6.61 Å². The van der Waals surface area contributed by atoms with Crippen molar-refractivity contribution in [2.45, 2.75) is 24.5 Å². The Morgan fingerprint density at radius 1 is 1.60 bits per heavy atom. The second kappa shape index (κ2) is 3.60. The van der Waals surface area contributed by atoms with Crippen molar-refractivity contribution in [3.8, 4) is 0 Å². The van der Waals surface area contributed by atoms with Gasteiger partial charge in [-0.1, -0.05) is 0 Å². The van der Waals surface area contributed by atoms with E-state index in [2.05, 4.69) is 11.7 Å². The lowest BCUT2D eigenvalue weighted by Gasteiger charge is -2.11. The van der Waals surface area contributed by atoms with Crippen LogP contribution in [0.25, 0.3) is 0 Å². The van der Waals surface area contributed by atoms with Crippen molar-refractivity contribution in [1.82, 2.24) is 5.48 Å². The molecule has 0 unspecified atom stereocenters. The van der Waals surface area contributed by atoms with Crippen molar-refractivity contribution in [2.75, 3.05) is 19.4 Å². The molecule has 0 atom stereocenters. The molecule has 0 aromatic carbocycles. The van der Waals surface area contributed by atoms with Gasteiger partial charge in [0.2, 0.25) is 0 Å². The minimum Gasteiger partial charge on any atom is -0.302 e. The third kappa shape index (κ3) is 2.15. The Morgan fingerprint density at radius 2 is 2.30 bits per heavy atom. The van der Waals surface area contributed by atoms with Crippen molar-refractivity contribution in [3.63, 3.8) is 0 Å². The molecule has 0 saturated heterocycles. The SMILES string of the molecule is CCONCC1(SC)CC1. The van der Waals surface area contributed by atoms with Crippen LogP contribution in [-0.2, 0) is 4.84 Å². The van der Waals surface area contributed by atoms with Gasteiger partial charge in [-0.15, -0.1) is 0 Å². The zero-order valence-corrected chi connectivity index (χ0v) is 7.46. The van der Waals surface area contributed by atoms with Crippen molar-refractivity contribution in [1.29, 1.82) is 0 Å². The van der Waals surface area contributed by atoms with Crippen molar-refractivity contribution in [2.24, 2.45) is 0 Å². The van der Waals surface area contributed by atoms with Crippen LogP contribution in [0.5, 0.6) is 0 Å². The molecule has 1 fully saturated rings. The maximum absolute atomic E-state index is 5.05. The number of thioether (sulfide) groups is 1. The van der Waals surface area contributed by atoms with Crippen molar-refractivity contribution in [3.05, 3.63) is 0 Å². The number of nitrogens with one attached hydrogen (secondary N) is 1. The first-order chi connectivity index (χ1) is 4.83. The van der Waals surface area contributed by atoms with Crippen LogP contribution in [0.4, 0.5) is 0 Å². The van der Waals surface area contributed by atoms with Crippen LogP contribution in [0.15, 0.2) is 0 Å². The molecular weight excluding hydrogens is 146 g/mol. The van der Waals surface area contributed by atoms with Gasteiger partial charge in [-0.3, -0.25) is 0 Å². The summed E-state index contributed by atoms with van der Waals surface area (Å²) in [7, 11) is 0. The lowest BCUT2D eigenvalue weighted by atomic mass is 10.4. The maximum Gasteiger partial charge on any atom is 0.0653 e. The van der Waals surface area contributed by atoms with Gasteiger partial charge in [0.1, 0.15) is 0 Å². The van der Waals surface area contributed by atoms with E-state index in [-0.39, 0.29) is 0 Å². The molecule has 0 aromatic rings. The molecule has 0 amide bonds. The second-order valence-corrected chi connectivity index (χ2v) is 3.92. The molecule has 1 saturated carbocycles. The first kappa shape index (κ1) is 8.37. The summed E-state index contributed by atoms with van der Waals surface area (Å²) in [5.41, 5.74) is 2.97. The topological polar surface area (TPSA) is 21.3 Å². The summed E-state index contributed by atoms with van der Waals surface area (Å²) in [4.78, 5) is 5.05. The standard InChI is InChI=1S/C7H15NOS/c1-3-9-8-6-7(10-2)4-5-7/h8H,3-6H2,1-2H3. The minimum atomic E-state index is 0.523. The lowest BCUT2D eigenvalue weighted by Crippen LogP contribution is -2.25. The molecule has 10 heavy (non-hydrogen) atoms. The van der Waals surface area contributed by atoms with Crippen LogP contribution in [0.3, 0.4) is 0 Å². The first-order valence-electron chi connectivity index (χ1n) is 3.73. The van der Waals surface area contributed by atoms with Gasteiger partial charge < -0.3 is 4.84 Å². The minimum absolute atomic E-state index is 0.523. The normalized spacial score (nSPS) is 21.0. The average Bonchev–Trinajstić information content (AvgIpc) is 2.70. The van der Waals surface area contributed by atoms with E-state index < -0.39 is 0 Å². The molecular formula is C7H15NOS. The van der Waals surface area contributed by atoms with E-state index in [4.69, 9.17) is 4.84 Å². The Hall–Kier alpha value is 0.270. The van der Waals surface area contributed by atoms with Gasteiger partial charge in [-0.25, -0.2) is 5.48 Å². The summed E-state index contributed by atoms with van der Waals surface area (Å²) in [5.74, 6) is 0. The van der Waals surface area contributed by atoms with Crippen LogP contribution in [0.1, 0.15) is 19.8 Å². The molecule has 0 bridgehead atoms. The Bertz CT molecular complexity index is 104. The van der Waals surface area contributed by atoms with Crippen LogP contribution in [-0.4, -0.2) is 24.2 Å². The largest absolute Gasteiger partial charge is 0.302 e. The van der Waals surface area contributed by atoms with Crippen LogP contribution in [0, 0.1) is 0 Å². The molecule has 2 nitrogen and oxygen atoms in total. The van der Waals surface area contributed by atoms with Crippen LogP contribution >= 0.6 is 11.8 Å². The number of hydrogen-bond acceptors (Lipinski definition) is 3. The Morgan fingerprint density at radius 3 is 2.70 bits per heavy atom. The zero-order valence-electron chi connectivity index (χ0n) is 6.64. The fourth-order valence-electron chi connectivity index (χ4n) is 0.877. The molecule has 0 radical (unpaired) electrons. The van der Waals surface area contributed by atoms with Crippen molar-refractivity contribution >= 4 is 11.8 Å². The number of rotatable bonds is 5. The summed E-state index contributed by atoms with van der Waals surface area (Å²) in [6, 6.07) is 0. The number of hydrogen-bond donors (Lipinski definition) is 1. The van der Waals surface area contributed by atoms with Gasteiger partial charge in [-0.05, 0) is 26.0 Å². The van der Waals surface area contributed by atoms with Gasteiger partial charge in [0.15, 0.2) is 0 Å². The Kier molecular flexibility index (Phi) is 3.01. The zero-order chi connectivity index (χ0) is 7.45. The summed E-state index contributed by atoms with van der Waals surface area (Å²) >= 11 is 1.95. The monoisotopic (exact) mass is 161 g/mol. The van der Waals surface area contributed by atoms with E-state index in [0.717, 1.165) is 13.2 Å². The van der Waals surface area contributed by atoms with E-state index >= 15 is 0 Å². The molecule has 0 aromatic heterocycles. The molecule has 60 valence electrons.